The van der Waals surface area contributed by atoms with E-state index in [4.69, 9.17) is 18.9 Å². The molecule has 3 fully saturated rings. The molecule has 5 aromatic carbocycles. The second-order valence-corrected chi connectivity index (χ2v) is 25.5. The summed E-state index contributed by atoms with van der Waals surface area (Å²) in [7, 11) is 0. The Balaban J connectivity index is 0.926. The largest absolute Gasteiger partial charge is 0.508 e. The molecule has 6 unspecified atom stereocenters. The Morgan fingerprint density at radius 1 is 0.774 bits per heavy atom. The van der Waals surface area contributed by atoms with Gasteiger partial charge in [-0.1, -0.05) is 98.5 Å². The van der Waals surface area contributed by atoms with Crippen molar-refractivity contribution in [3.05, 3.63) is 171 Å². The molecule has 7 aliphatic rings. The minimum Gasteiger partial charge on any atom is -0.508 e. The molecule has 1 aromatic heterocycles. The number of fused-ring (bicyclic) bond motifs is 10. The molecule has 12 nitrogen and oxygen atoms in total. The number of nitrogens with zero attached hydrogens (tertiary/aromatic N) is 1. The predicted molar refractivity (Wildman–Crippen MR) is 327 cm³/mol. The molecular weight excluding hydrogens is 1050 g/mol. The smallest absolute Gasteiger partial charge is 0.161 e. The monoisotopic (exact) mass is 1130 g/mol. The van der Waals surface area contributed by atoms with Crippen LogP contribution in [0.15, 0.2) is 121 Å². The van der Waals surface area contributed by atoms with E-state index in [9.17, 15) is 25.5 Å². The summed E-state index contributed by atoms with van der Waals surface area (Å²) in [5.74, 6) is 9.52. The summed E-state index contributed by atoms with van der Waals surface area (Å²) >= 11 is 0. The van der Waals surface area contributed by atoms with E-state index in [0.29, 0.717) is 56.9 Å². The van der Waals surface area contributed by atoms with Crippen molar-refractivity contribution in [1.82, 2.24) is 15.2 Å². The van der Waals surface area contributed by atoms with Crippen LogP contribution >= 0.6 is 0 Å². The lowest BCUT2D eigenvalue weighted by molar-refractivity contribution is -0.00873. The van der Waals surface area contributed by atoms with Gasteiger partial charge in [-0.2, -0.15) is 0 Å². The van der Waals surface area contributed by atoms with Crippen molar-refractivity contribution in [1.29, 1.82) is 0 Å². The zero-order valence-corrected chi connectivity index (χ0v) is 48.6. The molecule has 440 valence electrons. The van der Waals surface area contributed by atoms with Crippen LogP contribution in [0, 0.1) is 23.7 Å². The Labute approximate surface area is 494 Å². The Hall–Kier alpha value is -6.56. The van der Waals surface area contributed by atoms with Crippen LogP contribution in [0.2, 0.25) is 0 Å². The Bertz CT molecular complexity index is 3490. The fourth-order valence-electron chi connectivity index (χ4n) is 15.7. The summed E-state index contributed by atoms with van der Waals surface area (Å²) in [5.41, 5.74) is 11.2. The number of phenols is 3. The minimum atomic E-state index is -0.699. The van der Waals surface area contributed by atoms with Crippen molar-refractivity contribution in [3.63, 3.8) is 0 Å². The Morgan fingerprint density at radius 2 is 1.64 bits per heavy atom. The molecule has 0 radical (unpaired) electrons. The molecule has 12 heteroatoms. The van der Waals surface area contributed by atoms with Crippen LogP contribution in [0.3, 0.4) is 0 Å². The number of hydrogen-bond donors (Lipinski definition) is 7. The van der Waals surface area contributed by atoms with Crippen molar-refractivity contribution < 1.29 is 44.5 Å². The number of aromatic nitrogens is 1. The fraction of sp³-hybridized carbons (Fsp3) is 0.472. The third-order valence-electron chi connectivity index (χ3n) is 20.2. The van der Waals surface area contributed by atoms with E-state index in [2.05, 4.69) is 88.0 Å². The molecule has 84 heavy (non-hydrogen) atoms. The molecule has 3 aliphatic carbocycles. The van der Waals surface area contributed by atoms with E-state index in [1.54, 1.807) is 24.3 Å². The second kappa shape index (κ2) is 24.8. The number of aliphatic hydroxyl groups excluding tert-OH is 2. The molecule has 13 rings (SSSR count). The fourth-order valence-corrected chi connectivity index (χ4v) is 15.7. The number of dihydropyridines is 1. The van der Waals surface area contributed by atoms with E-state index >= 15 is 0 Å². The topological polar surface area (TPSA) is 167 Å². The second-order valence-electron chi connectivity index (χ2n) is 25.5. The lowest BCUT2D eigenvalue weighted by Crippen LogP contribution is -2.51. The highest BCUT2D eigenvalue weighted by Gasteiger charge is 2.55. The van der Waals surface area contributed by atoms with Crippen LogP contribution in [-0.4, -0.2) is 81.1 Å². The number of aryl methyl sites for hydroxylation is 2. The third kappa shape index (κ3) is 11.8. The minimum absolute atomic E-state index is 0.0309. The highest BCUT2D eigenvalue weighted by Crippen LogP contribution is 2.60. The molecule has 5 heterocycles. The molecule has 6 atom stereocenters. The number of ether oxygens (including phenoxy) is 4. The molecule has 2 saturated carbocycles. The quantitative estimate of drug-likeness (QED) is 0.0487. The molecule has 7 N–H and O–H groups in total. The predicted octanol–water partition coefficient (Wildman–Crippen LogP) is 12.4. The molecule has 6 bridgehead atoms. The van der Waals surface area contributed by atoms with E-state index in [-0.39, 0.29) is 78.1 Å². The first-order valence-corrected chi connectivity index (χ1v) is 31.5. The number of aliphatic hydroxyl groups is 2. The van der Waals surface area contributed by atoms with Crippen molar-refractivity contribution in [2.75, 3.05) is 26.6 Å². The Kier molecular flexibility index (Phi) is 16.7. The number of phenolic OH excluding ortho intramolecular Hbond substituents is 3. The summed E-state index contributed by atoms with van der Waals surface area (Å²) in [6, 6.07) is 30.7. The maximum absolute atomic E-state index is 11.9. The first-order valence-electron chi connectivity index (χ1n) is 31.5. The molecule has 6 aromatic rings. The number of benzene rings is 5. The van der Waals surface area contributed by atoms with Gasteiger partial charge in [0, 0.05) is 58.7 Å². The van der Waals surface area contributed by atoms with Gasteiger partial charge in [0.2, 0.25) is 0 Å². The van der Waals surface area contributed by atoms with Crippen LogP contribution in [0.25, 0.3) is 16.6 Å². The summed E-state index contributed by atoms with van der Waals surface area (Å²) in [6.07, 6.45) is 24.1. The SMILES string of the molecule is OCc1cc(O)c2cc1CCC(O)CC1CCCC(CCc3ccc(O)c(Cc4cccc(O)c4)c3)C#CC3=CC(NCOC4CCCCC4)NC(=C3CO1)n1cc3cc(C45CCOCC4CC4(CCCC4)c4ccccc45)cc(c3c1)CO2. The first kappa shape index (κ1) is 56.6. The zero-order valence-electron chi connectivity index (χ0n) is 48.6. The number of rotatable bonds is 11. The van der Waals surface area contributed by atoms with E-state index in [0.717, 1.165) is 113 Å². The summed E-state index contributed by atoms with van der Waals surface area (Å²) in [4.78, 5) is 0. The summed E-state index contributed by atoms with van der Waals surface area (Å²) in [6.45, 7) is 1.95. The lowest BCUT2D eigenvalue weighted by Gasteiger charge is -2.54. The van der Waals surface area contributed by atoms with Crippen LogP contribution in [0.4, 0.5) is 0 Å². The number of hydrogen-bond acceptors (Lipinski definition) is 11. The highest BCUT2D eigenvalue weighted by atomic mass is 16.5. The van der Waals surface area contributed by atoms with Gasteiger partial charge in [-0.15, -0.1) is 0 Å². The maximum Gasteiger partial charge on any atom is 0.161 e. The van der Waals surface area contributed by atoms with Gasteiger partial charge in [-0.3, -0.25) is 5.32 Å². The molecule has 0 amide bonds. The number of nitrogens with one attached hydrogen (secondary N) is 2. The van der Waals surface area contributed by atoms with Crippen molar-refractivity contribution in [2.45, 2.75) is 177 Å². The van der Waals surface area contributed by atoms with Crippen molar-refractivity contribution >= 4 is 16.6 Å². The average Bonchev–Trinajstić information content (AvgIpc) is 1.18. The maximum atomic E-state index is 11.9. The van der Waals surface area contributed by atoms with Gasteiger partial charge in [-0.25, -0.2) is 0 Å². The van der Waals surface area contributed by atoms with Crippen LogP contribution in [0.5, 0.6) is 23.0 Å². The number of aromatic hydroxyl groups is 3. The van der Waals surface area contributed by atoms with Gasteiger partial charge < -0.3 is 54.4 Å². The van der Waals surface area contributed by atoms with Gasteiger partial charge in [-0.05, 0) is 194 Å². The molecule has 1 spiro atoms. The molecular formula is C72H83N3O9. The lowest BCUT2D eigenvalue weighted by atomic mass is 9.51. The van der Waals surface area contributed by atoms with Gasteiger partial charge in [0.15, 0.2) is 11.5 Å². The van der Waals surface area contributed by atoms with Gasteiger partial charge in [0.1, 0.15) is 30.1 Å². The first-order chi connectivity index (χ1) is 41.1. The highest BCUT2D eigenvalue weighted by molar-refractivity contribution is 5.89. The van der Waals surface area contributed by atoms with Crippen LogP contribution in [0.1, 0.15) is 159 Å². The van der Waals surface area contributed by atoms with Crippen LogP contribution < -0.4 is 15.4 Å². The normalized spacial score (nSPS) is 25.3. The van der Waals surface area contributed by atoms with Crippen molar-refractivity contribution in [2.24, 2.45) is 11.8 Å². The van der Waals surface area contributed by atoms with E-state index < -0.39 is 6.10 Å². The van der Waals surface area contributed by atoms with Crippen molar-refractivity contribution in [3.8, 4) is 34.8 Å². The average molecular weight is 1130 g/mol. The zero-order chi connectivity index (χ0) is 57.2. The summed E-state index contributed by atoms with van der Waals surface area (Å²) in [5, 5.41) is 65.0. The van der Waals surface area contributed by atoms with Gasteiger partial charge in [0.05, 0.1) is 44.9 Å². The van der Waals surface area contributed by atoms with Crippen LogP contribution in [-0.2, 0) is 57.5 Å². The van der Waals surface area contributed by atoms with Gasteiger partial charge >= 0.3 is 0 Å². The summed E-state index contributed by atoms with van der Waals surface area (Å²) < 4.78 is 29.1. The van der Waals surface area contributed by atoms with Gasteiger partial charge in [0.25, 0.3) is 0 Å². The molecule has 4 aliphatic heterocycles. The molecule has 1 saturated heterocycles. The van der Waals surface area contributed by atoms with E-state index in [1.807, 2.05) is 24.3 Å². The third-order valence-corrected chi connectivity index (χ3v) is 20.2. The van der Waals surface area contributed by atoms with E-state index in [1.165, 1.54) is 61.6 Å². The Morgan fingerprint density at radius 3 is 2.50 bits per heavy atom. The standard InChI is InChI=1S/C72H83N3O9/c76-42-54-35-67(80)68-36-50(54)23-24-59(78)38-61-15-9-10-47(18-19-48-21-25-66(79)52(30-48)31-49-11-8-12-58(77)32-49)20-22-51-37-69(73-46-84-60-13-2-1-3-14-60)74-70(63(51)45-82-61)75-40-53-33-56(34-55(43-83-68)62(53)41-75)72-28-29-81-44-57(72)39-71(26-6-7-27-71)64-16-4-5-17-65(64)72/h4-5,8,11-12,16-17,21,25,30,32-37,40-41,47,57,59-61,69,73-74,76-80H,1-3,6-7,9-10,13-15,18-19,23-24,26-29,31,38-39,42-46H2.